The van der Waals surface area contributed by atoms with Gasteiger partial charge in [0.1, 0.15) is 0 Å². The quantitative estimate of drug-likeness (QED) is 0.869. The van der Waals surface area contributed by atoms with Crippen LogP contribution in [0.15, 0.2) is 18.2 Å². The van der Waals surface area contributed by atoms with Gasteiger partial charge in [-0.05, 0) is 56.2 Å². The molecule has 0 saturated carbocycles. The molecular weight excluding hydrogens is 224 g/mol. The van der Waals surface area contributed by atoms with Crippen molar-refractivity contribution in [3.8, 4) is 0 Å². The number of hydrogen-bond donors (Lipinski definition) is 1. The summed E-state index contributed by atoms with van der Waals surface area (Å²) in [5, 5.41) is 10.5. The molecular formula is C16H22O2. The molecule has 1 aromatic carbocycles. The van der Waals surface area contributed by atoms with Gasteiger partial charge in [0, 0.05) is 0 Å². The monoisotopic (exact) mass is 246 g/mol. The Balaban J connectivity index is 2.01. The second-order valence-electron chi connectivity index (χ2n) is 6.32. The van der Waals surface area contributed by atoms with Crippen molar-refractivity contribution >= 4 is 0 Å². The molecule has 0 amide bonds. The van der Waals surface area contributed by atoms with E-state index in [0.29, 0.717) is 13.2 Å². The minimum absolute atomic E-state index is 0.209. The molecule has 1 N–H and O–H groups in total. The van der Waals surface area contributed by atoms with Gasteiger partial charge in [-0.2, -0.15) is 0 Å². The fourth-order valence-electron chi connectivity index (χ4n) is 3.21. The number of hydrogen-bond acceptors (Lipinski definition) is 2. The van der Waals surface area contributed by atoms with E-state index in [9.17, 15) is 5.11 Å². The Labute approximate surface area is 109 Å². The molecule has 98 valence electrons. The highest BCUT2D eigenvalue weighted by Gasteiger charge is 2.51. The van der Waals surface area contributed by atoms with Crippen LogP contribution >= 0.6 is 0 Å². The van der Waals surface area contributed by atoms with Crippen LogP contribution < -0.4 is 0 Å². The first-order valence-corrected chi connectivity index (χ1v) is 6.95. The maximum Gasteiger partial charge on any atom is 0.0732 e. The predicted molar refractivity (Wildman–Crippen MR) is 71.9 cm³/mol. The topological polar surface area (TPSA) is 29.5 Å². The zero-order chi connectivity index (χ0) is 12.8. The number of ether oxygens (including phenoxy) is 1. The number of aliphatic hydroxyl groups is 1. The van der Waals surface area contributed by atoms with Crippen molar-refractivity contribution in [2.24, 2.45) is 0 Å². The average molecular weight is 246 g/mol. The van der Waals surface area contributed by atoms with Gasteiger partial charge in [-0.15, -0.1) is 0 Å². The Morgan fingerprint density at radius 1 is 1.11 bits per heavy atom. The summed E-state index contributed by atoms with van der Waals surface area (Å²) in [7, 11) is 0. The van der Waals surface area contributed by atoms with E-state index in [4.69, 9.17) is 4.74 Å². The summed E-state index contributed by atoms with van der Waals surface area (Å²) >= 11 is 0. The average Bonchev–Trinajstić information content (AvgIpc) is 2.25. The Morgan fingerprint density at radius 2 is 1.78 bits per heavy atom. The minimum atomic E-state index is -0.728. The lowest BCUT2D eigenvalue weighted by atomic mass is 9.66. The molecule has 3 rings (SSSR count). The third-order valence-corrected chi connectivity index (χ3v) is 4.77. The highest BCUT2D eigenvalue weighted by atomic mass is 16.5. The first-order chi connectivity index (χ1) is 8.53. The molecule has 0 unspecified atom stereocenters. The van der Waals surface area contributed by atoms with Gasteiger partial charge in [0.25, 0.3) is 0 Å². The summed E-state index contributed by atoms with van der Waals surface area (Å²) < 4.78 is 5.40. The lowest BCUT2D eigenvalue weighted by Gasteiger charge is -2.50. The van der Waals surface area contributed by atoms with E-state index in [0.717, 1.165) is 0 Å². The van der Waals surface area contributed by atoms with Crippen LogP contribution in [-0.2, 0) is 23.0 Å². The number of rotatable bonds is 2. The van der Waals surface area contributed by atoms with Crippen LogP contribution in [-0.4, -0.2) is 23.9 Å². The molecule has 0 bridgehead atoms. The fourth-order valence-corrected chi connectivity index (χ4v) is 3.21. The molecule has 0 atom stereocenters. The van der Waals surface area contributed by atoms with Gasteiger partial charge in [-0.3, -0.25) is 0 Å². The van der Waals surface area contributed by atoms with Crippen LogP contribution in [0.3, 0.4) is 0 Å². The molecule has 18 heavy (non-hydrogen) atoms. The van der Waals surface area contributed by atoms with Crippen molar-refractivity contribution in [3.63, 3.8) is 0 Å². The first-order valence-electron chi connectivity index (χ1n) is 6.95. The number of benzene rings is 1. The molecule has 0 aromatic heterocycles. The van der Waals surface area contributed by atoms with Gasteiger partial charge >= 0.3 is 0 Å². The number of fused-ring (bicyclic) bond motifs is 1. The molecule has 1 fully saturated rings. The van der Waals surface area contributed by atoms with Crippen molar-refractivity contribution in [1.29, 1.82) is 0 Å². The van der Waals surface area contributed by atoms with E-state index in [2.05, 4.69) is 18.2 Å². The number of aryl methyl sites for hydroxylation is 2. The summed E-state index contributed by atoms with van der Waals surface area (Å²) in [5.41, 5.74) is 3.29. The molecule has 0 spiro atoms. The van der Waals surface area contributed by atoms with Crippen LogP contribution in [0, 0.1) is 0 Å². The van der Waals surface area contributed by atoms with Crippen molar-refractivity contribution in [2.75, 3.05) is 13.2 Å². The zero-order valence-corrected chi connectivity index (χ0v) is 11.3. The molecule has 2 aliphatic rings. The smallest absolute Gasteiger partial charge is 0.0732 e. The summed E-state index contributed by atoms with van der Waals surface area (Å²) in [4.78, 5) is 0. The largest absolute Gasteiger partial charge is 0.389 e. The van der Waals surface area contributed by atoms with Gasteiger partial charge in [0.15, 0.2) is 0 Å². The SMILES string of the molecule is CC(C)(O)C1(c2ccc3c(c2)CCCC3)COC1. The molecule has 0 radical (unpaired) electrons. The summed E-state index contributed by atoms with van der Waals surface area (Å²) in [6, 6.07) is 6.77. The Morgan fingerprint density at radius 3 is 2.33 bits per heavy atom. The Kier molecular flexibility index (Phi) is 2.76. The van der Waals surface area contributed by atoms with Gasteiger partial charge in [-0.25, -0.2) is 0 Å². The molecule has 1 heterocycles. The molecule has 1 aromatic rings. The van der Waals surface area contributed by atoms with Gasteiger partial charge in [0.05, 0.1) is 24.2 Å². The second-order valence-corrected chi connectivity index (χ2v) is 6.32. The molecule has 1 saturated heterocycles. The van der Waals surface area contributed by atoms with Crippen molar-refractivity contribution in [3.05, 3.63) is 34.9 Å². The van der Waals surface area contributed by atoms with E-state index in [1.165, 1.54) is 42.4 Å². The fraction of sp³-hybridized carbons (Fsp3) is 0.625. The van der Waals surface area contributed by atoms with Crippen LogP contribution in [0.2, 0.25) is 0 Å². The standard InChI is InChI=1S/C16H22O2/c1-15(2,17)16(10-18-11-16)14-8-7-12-5-3-4-6-13(12)9-14/h7-9,17H,3-6,10-11H2,1-2H3. The van der Waals surface area contributed by atoms with E-state index in [1.807, 2.05) is 13.8 Å². The molecule has 1 aliphatic heterocycles. The summed E-state index contributed by atoms with van der Waals surface area (Å²) in [6.45, 7) is 5.06. The predicted octanol–water partition coefficient (Wildman–Crippen LogP) is 2.60. The van der Waals surface area contributed by atoms with Crippen LogP contribution in [0.1, 0.15) is 43.4 Å². The van der Waals surface area contributed by atoms with Gasteiger partial charge in [-0.1, -0.05) is 18.2 Å². The van der Waals surface area contributed by atoms with E-state index in [1.54, 1.807) is 0 Å². The van der Waals surface area contributed by atoms with Crippen molar-refractivity contribution < 1.29 is 9.84 Å². The second kappa shape index (κ2) is 4.07. The van der Waals surface area contributed by atoms with E-state index in [-0.39, 0.29) is 5.41 Å². The Hall–Kier alpha value is -0.860. The first kappa shape index (κ1) is 12.2. The third kappa shape index (κ3) is 1.70. The van der Waals surface area contributed by atoms with Crippen molar-refractivity contribution in [2.45, 2.75) is 50.5 Å². The normalized spacial score (nSPS) is 22.2. The van der Waals surface area contributed by atoms with E-state index < -0.39 is 5.60 Å². The van der Waals surface area contributed by atoms with Crippen LogP contribution in [0.4, 0.5) is 0 Å². The summed E-state index contributed by atoms with van der Waals surface area (Å²) in [5.74, 6) is 0. The minimum Gasteiger partial charge on any atom is -0.389 e. The maximum absolute atomic E-state index is 10.5. The molecule has 2 heteroatoms. The highest BCUT2D eigenvalue weighted by Crippen LogP contribution is 2.42. The van der Waals surface area contributed by atoms with Crippen LogP contribution in [0.5, 0.6) is 0 Å². The van der Waals surface area contributed by atoms with Crippen LogP contribution in [0.25, 0.3) is 0 Å². The highest BCUT2D eigenvalue weighted by molar-refractivity contribution is 5.40. The van der Waals surface area contributed by atoms with Gasteiger partial charge < -0.3 is 9.84 Å². The van der Waals surface area contributed by atoms with Gasteiger partial charge in [0.2, 0.25) is 0 Å². The Bertz CT molecular complexity index is 453. The lowest BCUT2D eigenvalue weighted by Crippen LogP contribution is -2.60. The van der Waals surface area contributed by atoms with E-state index >= 15 is 0 Å². The molecule has 2 nitrogen and oxygen atoms in total. The third-order valence-electron chi connectivity index (χ3n) is 4.77. The van der Waals surface area contributed by atoms with Crippen molar-refractivity contribution in [1.82, 2.24) is 0 Å². The lowest BCUT2D eigenvalue weighted by molar-refractivity contribution is -0.157. The maximum atomic E-state index is 10.5. The summed E-state index contributed by atoms with van der Waals surface area (Å²) in [6.07, 6.45) is 5.00. The zero-order valence-electron chi connectivity index (χ0n) is 11.3. The molecule has 1 aliphatic carbocycles.